The van der Waals surface area contributed by atoms with Crippen LogP contribution in [0.2, 0.25) is 0 Å². The van der Waals surface area contributed by atoms with Crippen molar-refractivity contribution in [3.8, 4) is 0 Å². The first-order valence-electron chi connectivity index (χ1n) is 8.80. The summed E-state index contributed by atoms with van der Waals surface area (Å²) in [7, 11) is 0. The number of aromatic nitrogens is 1. The highest BCUT2D eigenvalue weighted by molar-refractivity contribution is 14.0. The van der Waals surface area contributed by atoms with Crippen LogP contribution in [0.15, 0.2) is 46.1 Å². The molecule has 0 aliphatic heterocycles. The molecular weight excluding hydrogens is 486 g/mol. The van der Waals surface area contributed by atoms with Crippen molar-refractivity contribution in [2.24, 2.45) is 4.99 Å². The molecule has 2 heterocycles. The SMILES string of the molecule is CCNC(=NCCCNc1ccc(C(F)(F)F)cn1)NCCc1ccco1.I. The summed E-state index contributed by atoms with van der Waals surface area (Å²) in [5.41, 5.74) is -0.756. The lowest BCUT2D eigenvalue weighted by Gasteiger charge is -2.11. The first-order chi connectivity index (χ1) is 13.0. The molecule has 2 rings (SSSR count). The molecule has 0 aliphatic carbocycles. The summed E-state index contributed by atoms with van der Waals surface area (Å²) in [5.74, 6) is 2.04. The minimum Gasteiger partial charge on any atom is -0.469 e. The fourth-order valence-electron chi connectivity index (χ4n) is 2.25. The molecule has 0 saturated carbocycles. The minimum atomic E-state index is -4.37. The molecule has 28 heavy (non-hydrogen) atoms. The largest absolute Gasteiger partial charge is 0.469 e. The van der Waals surface area contributed by atoms with Gasteiger partial charge < -0.3 is 20.4 Å². The second kappa shape index (κ2) is 12.5. The zero-order valence-corrected chi connectivity index (χ0v) is 17.9. The van der Waals surface area contributed by atoms with Crippen molar-refractivity contribution in [2.45, 2.75) is 25.9 Å². The number of rotatable bonds is 9. The molecule has 0 fully saturated rings. The fourth-order valence-corrected chi connectivity index (χ4v) is 2.25. The van der Waals surface area contributed by atoms with Gasteiger partial charge in [-0.1, -0.05) is 0 Å². The van der Waals surface area contributed by atoms with Crippen LogP contribution < -0.4 is 16.0 Å². The van der Waals surface area contributed by atoms with E-state index in [4.69, 9.17) is 4.42 Å². The van der Waals surface area contributed by atoms with Crippen LogP contribution >= 0.6 is 24.0 Å². The number of anilines is 1. The summed E-state index contributed by atoms with van der Waals surface area (Å²) in [6.07, 6.45) is -0.414. The van der Waals surface area contributed by atoms with E-state index in [-0.39, 0.29) is 24.0 Å². The lowest BCUT2D eigenvalue weighted by atomic mass is 10.3. The molecular formula is C18H25F3IN5O. The summed E-state index contributed by atoms with van der Waals surface area (Å²) in [6, 6.07) is 6.12. The second-order valence-corrected chi connectivity index (χ2v) is 5.73. The molecule has 156 valence electrons. The lowest BCUT2D eigenvalue weighted by molar-refractivity contribution is -0.137. The number of hydrogen-bond acceptors (Lipinski definition) is 4. The Morgan fingerprint density at radius 3 is 2.61 bits per heavy atom. The minimum absolute atomic E-state index is 0. The Balaban J connectivity index is 0.00000392. The van der Waals surface area contributed by atoms with E-state index in [1.807, 2.05) is 19.1 Å². The van der Waals surface area contributed by atoms with E-state index in [0.29, 0.717) is 25.5 Å². The van der Waals surface area contributed by atoms with Crippen LogP contribution in [-0.4, -0.2) is 37.1 Å². The van der Waals surface area contributed by atoms with Gasteiger partial charge in [-0.15, -0.1) is 24.0 Å². The van der Waals surface area contributed by atoms with Crippen LogP contribution in [0.5, 0.6) is 0 Å². The van der Waals surface area contributed by atoms with Crippen LogP contribution in [0.25, 0.3) is 0 Å². The number of furan rings is 1. The average molecular weight is 511 g/mol. The Hall–Kier alpha value is -1.98. The molecule has 3 N–H and O–H groups in total. The standard InChI is InChI=1S/C18H24F3N5O.HI/c1-2-22-17(25-11-8-15-5-3-12-27-15)24-10-4-9-23-16-7-6-14(13-26-16)18(19,20)21;/h3,5-7,12-13H,2,4,8-11H2,1H3,(H,23,26)(H2,22,24,25);1H. The van der Waals surface area contributed by atoms with E-state index in [2.05, 4.69) is 25.9 Å². The van der Waals surface area contributed by atoms with Crippen molar-refractivity contribution in [3.63, 3.8) is 0 Å². The van der Waals surface area contributed by atoms with Crippen molar-refractivity contribution in [2.75, 3.05) is 31.5 Å². The van der Waals surface area contributed by atoms with Gasteiger partial charge in [0.15, 0.2) is 5.96 Å². The molecule has 0 atom stereocenters. The highest BCUT2D eigenvalue weighted by atomic mass is 127. The van der Waals surface area contributed by atoms with Crippen molar-refractivity contribution >= 4 is 35.8 Å². The summed E-state index contributed by atoms with van der Waals surface area (Å²) in [6.45, 7) is 4.58. The fraction of sp³-hybridized carbons (Fsp3) is 0.444. The molecule has 0 saturated heterocycles. The molecule has 2 aromatic heterocycles. The van der Waals surface area contributed by atoms with E-state index in [1.165, 1.54) is 6.07 Å². The molecule has 0 spiro atoms. The average Bonchev–Trinajstić information content (AvgIpc) is 3.14. The number of pyridine rings is 1. The van der Waals surface area contributed by atoms with E-state index in [9.17, 15) is 13.2 Å². The van der Waals surface area contributed by atoms with Crippen molar-refractivity contribution < 1.29 is 17.6 Å². The maximum atomic E-state index is 12.5. The third kappa shape index (κ3) is 8.81. The zero-order chi connectivity index (χ0) is 19.5. The number of halogens is 4. The Morgan fingerprint density at radius 1 is 1.18 bits per heavy atom. The Kier molecular flexibility index (Phi) is 10.7. The number of nitrogens with zero attached hydrogens (tertiary/aromatic N) is 2. The predicted molar refractivity (Wildman–Crippen MR) is 114 cm³/mol. The highest BCUT2D eigenvalue weighted by Crippen LogP contribution is 2.28. The smallest absolute Gasteiger partial charge is 0.417 e. The van der Waals surface area contributed by atoms with Gasteiger partial charge in [0.25, 0.3) is 0 Å². The summed E-state index contributed by atoms with van der Waals surface area (Å²) < 4.78 is 42.7. The van der Waals surface area contributed by atoms with Gasteiger partial charge in [-0.25, -0.2) is 4.98 Å². The molecule has 2 aromatic rings. The third-order valence-corrected chi connectivity index (χ3v) is 3.59. The van der Waals surface area contributed by atoms with Crippen LogP contribution in [0.4, 0.5) is 19.0 Å². The third-order valence-electron chi connectivity index (χ3n) is 3.59. The second-order valence-electron chi connectivity index (χ2n) is 5.73. The molecule has 0 radical (unpaired) electrons. The molecule has 6 nitrogen and oxygen atoms in total. The van der Waals surface area contributed by atoms with E-state index in [0.717, 1.165) is 43.4 Å². The lowest BCUT2D eigenvalue weighted by Crippen LogP contribution is -2.38. The zero-order valence-electron chi connectivity index (χ0n) is 15.6. The van der Waals surface area contributed by atoms with Gasteiger partial charge in [0.05, 0.1) is 11.8 Å². The Bertz CT molecular complexity index is 690. The number of guanidine groups is 1. The van der Waals surface area contributed by atoms with E-state index < -0.39 is 11.7 Å². The molecule has 0 bridgehead atoms. The van der Waals surface area contributed by atoms with E-state index >= 15 is 0 Å². The summed E-state index contributed by atoms with van der Waals surface area (Å²) in [5, 5.41) is 9.38. The first-order valence-corrected chi connectivity index (χ1v) is 8.80. The van der Waals surface area contributed by atoms with Gasteiger partial charge in [0.2, 0.25) is 0 Å². The van der Waals surface area contributed by atoms with Gasteiger partial charge >= 0.3 is 6.18 Å². The molecule has 0 aromatic carbocycles. The predicted octanol–water partition coefficient (Wildman–Crippen LogP) is 3.91. The maximum Gasteiger partial charge on any atom is 0.417 e. The molecule has 10 heteroatoms. The molecule has 0 amide bonds. The monoisotopic (exact) mass is 511 g/mol. The first kappa shape index (κ1) is 24.1. The summed E-state index contributed by atoms with van der Waals surface area (Å²) >= 11 is 0. The van der Waals surface area contributed by atoms with Crippen molar-refractivity contribution in [1.82, 2.24) is 15.6 Å². The van der Waals surface area contributed by atoms with Crippen molar-refractivity contribution in [3.05, 3.63) is 48.0 Å². The summed E-state index contributed by atoms with van der Waals surface area (Å²) in [4.78, 5) is 8.24. The van der Waals surface area contributed by atoms with E-state index in [1.54, 1.807) is 6.26 Å². The number of hydrogen-bond donors (Lipinski definition) is 3. The number of alkyl halides is 3. The van der Waals surface area contributed by atoms with Gasteiger partial charge in [-0.05, 0) is 37.6 Å². The Labute approximate surface area is 179 Å². The number of aliphatic imine (C=N–C) groups is 1. The van der Waals surface area contributed by atoms with Gasteiger partial charge in [-0.2, -0.15) is 13.2 Å². The number of nitrogens with one attached hydrogen (secondary N) is 3. The highest BCUT2D eigenvalue weighted by Gasteiger charge is 2.30. The molecule has 0 aliphatic rings. The quantitative estimate of drug-likeness (QED) is 0.206. The van der Waals surface area contributed by atoms with Gasteiger partial charge in [0, 0.05) is 38.8 Å². The molecule has 0 unspecified atom stereocenters. The topological polar surface area (TPSA) is 74.5 Å². The van der Waals surface area contributed by atoms with Crippen LogP contribution in [0, 0.1) is 0 Å². The van der Waals surface area contributed by atoms with Gasteiger partial charge in [-0.3, -0.25) is 4.99 Å². The maximum absolute atomic E-state index is 12.5. The normalized spacial score (nSPS) is 11.6. The van der Waals surface area contributed by atoms with Crippen LogP contribution in [-0.2, 0) is 12.6 Å². The van der Waals surface area contributed by atoms with Crippen LogP contribution in [0.1, 0.15) is 24.7 Å². The Morgan fingerprint density at radius 2 is 2.00 bits per heavy atom. The van der Waals surface area contributed by atoms with Gasteiger partial charge in [0.1, 0.15) is 11.6 Å². The van der Waals surface area contributed by atoms with Crippen LogP contribution in [0.3, 0.4) is 0 Å². The van der Waals surface area contributed by atoms with Crippen molar-refractivity contribution in [1.29, 1.82) is 0 Å².